The first-order valence-corrected chi connectivity index (χ1v) is 15.2. The highest BCUT2D eigenvalue weighted by Gasteiger charge is 2.45. The van der Waals surface area contributed by atoms with Crippen LogP contribution in [0.1, 0.15) is 80.0 Å². The number of hydrogen-bond donors (Lipinski definition) is 1. The molecule has 1 atom stereocenters. The summed E-state index contributed by atoms with van der Waals surface area (Å²) in [4.78, 5) is 70.1. The Morgan fingerprint density at radius 3 is 2.24 bits per heavy atom. The molecule has 0 aromatic heterocycles. The zero-order valence-electron chi connectivity index (χ0n) is 24.8. The lowest BCUT2D eigenvalue weighted by Gasteiger charge is -2.49. The topological polar surface area (TPSA) is 120 Å². The van der Waals surface area contributed by atoms with E-state index in [2.05, 4.69) is 15.1 Å². The number of carbonyl (C=O) groups is 5. The highest BCUT2D eigenvalue weighted by atomic mass is 16.6. The molecule has 11 nitrogen and oxygen atoms in total. The number of imide groups is 2. The summed E-state index contributed by atoms with van der Waals surface area (Å²) >= 11 is 0. The Bertz CT molecular complexity index is 1300. The Kier molecular flexibility index (Phi) is 7.27. The minimum absolute atomic E-state index is 0.107. The molecule has 1 aromatic carbocycles. The monoisotopic (exact) mass is 579 g/mol. The number of rotatable bonds is 4. The number of hydrogen-bond acceptors (Lipinski definition) is 8. The maximum atomic E-state index is 13.2. The van der Waals surface area contributed by atoms with Crippen molar-refractivity contribution in [2.75, 3.05) is 50.7 Å². The number of fused-ring (bicyclic) bond motifs is 1. The fraction of sp³-hybridized carbons (Fsp3) is 0.645. The summed E-state index contributed by atoms with van der Waals surface area (Å²) < 4.78 is 5.48. The standard InChI is InChI=1S/C31H41N5O6/c1-30(2,3)42-29(41)35-18-20(19-35)17-33-12-8-31(9-13-33)10-14-34(15-11-31)21-4-5-22-23(16-21)28(40)36(27(22)39)24-6-7-25(37)32-26(24)38/h4-5,16,20,24H,6-15,17-19H2,1-3H3,(H,32,37,38). The van der Waals surface area contributed by atoms with Crippen LogP contribution in [0.2, 0.25) is 0 Å². The van der Waals surface area contributed by atoms with E-state index in [0.717, 1.165) is 69.2 Å². The third-order valence-electron chi connectivity index (χ3n) is 9.65. The molecule has 5 aliphatic heterocycles. The average Bonchev–Trinajstić information content (AvgIpc) is 3.15. The fourth-order valence-electron chi connectivity index (χ4n) is 7.13. The van der Waals surface area contributed by atoms with E-state index in [-0.39, 0.29) is 24.8 Å². The second-order valence-corrected chi connectivity index (χ2v) is 13.7. The molecular weight excluding hydrogens is 538 g/mol. The Morgan fingerprint density at radius 2 is 1.60 bits per heavy atom. The number of benzene rings is 1. The van der Waals surface area contributed by atoms with Crippen molar-refractivity contribution in [3.05, 3.63) is 29.3 Å². The second kappa shape index (κ2) is 10.7. The predicted molar refractivity (Wildman–Crippen MR) is 154 cm³/mol. The number of ether oxygens (including phenoxy) is 1. The van der Waals surface area contributed by atoms with Crippen LogP contribution in [0, 0.1) is 11.3 Å². The molecule has 6 rings (SSSR count). The third-order valence-corrected chi connectivity index (χ3v) is 9.65. The molecule has 0 aliphatic carbocycles. The van der Waals surface area contributed by atoms with Crippen LogP contribution in [0.3, 0.4) is 0 Å². The third kappa shape index (κ3) is 5.50. The lowest BCUT2D eigenvalue weighted by molar-refractivity contribution is -0.136. The molecule has 1 unspecified atom stereocenters. The van der Waals surface area contributed by atoms with Gasteiger partial charge in [0.1, 0.15) is 11.6 Å². The van der Waals surface area contributed by atoms with E-state index in [4.69, 9.17) is 4.74 Å². The first kappa shape index (κ1) is 28.6. The maximum Gasteiger partial charge on any atom is 0.410 e. The Hall–Kier alpha value is -3.47. The Balaban J connectivity index is 0.992. The van der Waals surface area contributed by atoms with Gasteiger partial charge in [0.15, 0.2) is 0 Å². The van der Waals surface area contributed by atoms with Crippen LogP contribution in [0.25, 0.3) is 0 Å². The van der Waals surface area contributed by atoms with Gasteiger partial charge in [-0.05, 0) is 89.6 Å². The van der Waals surface area contributed by atoms with Gasteiger partial charge < -0.3 is 19.4 Å². The van der Waals surface area contributed by atoms with Crippen molar-refractivity contribution in [3.63, 3.8) is 0 Å². The summed E-state index contributed by atoms with van der Waals surface area (Å²) in [6, 6.07) is 4.44. The van der Waals surface area contributed by atoms with E-state index in [1.54, 1.807) is 17.0 Å². The van der Waals surface area contributed by atoms with Crippen molar-refractivity contribution in [2.24, 2.45) is 11.3 Å². The van der Waals surface area contributed by atoms with Gasteiger partial charge in [0.05, 0.1) is 11.1 Å². The molecule has 5 heterocycles. The zero-order valence-corrected chi connectivity index (χ0v) is 24.8. The number of likely N-dealkylation sites (tertiary alicyclic amines) is 2. The van der Waals surface area contributed by atoms with Crippen molar-refractivity contribution < 1.29 is 28.7 Å². The zero-order chi connectivity index (χ0) is 29.8. The summed E-state index contributed by atoms with van der Waals surface area (Å²) in [5.74, 6) is -1.40. The molecular formula is C31H41N5O6. The highest BCUT2D eigenvalue weighted by molar-refractivity contribution is 6.23. The SMILES string of the molecule is CC(C)(C)OC(=O)N1CC(CN2CCC3(CC2)CCN(c2ccc4c(c2)C(=O)N(C2CCC(=O)NC2=O)C4=O)CC3)C1. The Morgan fingerprint density at radius 1 is 0.952 bits per heavy atom. The van der Waals surface area contributed by atoms with Crippen LogP contribution in [0.15, 0.2) is 18.2 Å². The number of carbonyl (C=O) groups excluding carboxylic acids is 5. The summed E-state index contributed by atoms with van der Waals surface area (Å²) in [6.45, 7) is 12.2. The molecule has 0 bridgehead atoms. The van der Waals surface area contributed by atoms with Crippen molar-refractivity contribution in [1.82, 2.24) is 20.0 Å². The van der Waals surface area contributed by atoms with Crippen molar-refractivity contribution >= 4 is 35.4 Å². The maximum absolute atomic E-state index is 13.2. The Labute approximate surface area is 246 Å². The number of anilines is 1. The van der Waals surface area contributed by atoms with E-state index in [1.807, 2.05) is 26.8 Å². The predicted octanol–water partition coefficient (Wildman–Crippen LogP) is 2.64. The quantitative estimate of drug-likeness (QED) is 0.541. The summed E-state index contributed by atoms with van der Waals surface area (Å²) in [5, 5.41) is 2.24. The van der Waals surface area contributed by atoms with Crippen LogP contribution in [0.4, 0.5) is 10.5 Å². The van der Waals surface area contributed by atoms with Gasteiger partial charge in [-0.25, -0.2) is 4.79 Å². The first-order chi connectivity index (χ1) is 19.9. The fourth-order valence-corrected chi connectivity index (χ4v) is 7.13. The lowest BCUT2D eigenvalue weighted by atomic mass is 9.71. The summed E-state index contributed by atoms with van der Waals surface area (Å²) in [5.41, 5.74) is 1.44. The molecule has 11 heteroatoms. The van der Waals surface area contributed by atoms with Crippen LogP contribution in [-0.2, 0) is 14.3 Å². The number of piperidine rings is 3. The number of nitrogens with zero attached hydrogens (tertiary/aromatic N) is 4. The lowest BCUT2D eigenvalue weighted by Crippen LogP contribution is -2.56. The second-order valence-electron chi connectivity index (χ2n) is 13.7. The molecule has 0 radical (unpaired) electrons. The molecule has 5 amide bonds. The van der Waals surface area contributed by atoms with E-state index in [1.165, 1.54) is 12.8 Å². The van der Waals surface area contributed by atoms with Crippen molar-refractivity contribution in [1.29, 1.82) is 0 Å². The molecule has 0 saturated carbocycles. The van der Waals surface area contributed by atoms with Gasteiger partial charge in [0.2, 0.25) is 11.8 Å². The first-order valence-electron chi connectivity index (χ1n) is 15.2. The van der Waals surface area contributed by atoms with Crippen molar-refractivity contribution in [2.45, 2.75) is 70.9 Å². The van der Waals surface area contributed by atoms with Gasteiger partial charge in [-0.1, -0.05) is 0 Å². The van der Waals surface area contributed by atoms with Crippen LogP contribution >= 0.6 is 0 Å². The van der Waals surface area contributed by atoms with E-state index < -0.39 is 29.4 Å². The largest absolute Gasteiger partial charge is 0.444 e. The minimum Gasteiger partial charge on any atom is -0.444 e. The minimum atomic E-state index is -0.951. The van der Waals surface area contributed by atoms with Gasteiger partial charge in [-0.3, -0.25) is 29.4 Å². The molecule has 1 N–H and O–H groups in total. The summed E-state index contributed by atoms with van der Waals surface area (Å²) in [7, 11) is 0. The van der Waals surface area contributed by atoms with Gasteiger partial charge >= 0.3 is 6.09 Å². The molecule has 226 valence electrons. The van der Waals surface area contributed by atoms with Gasteiger partial charge in [0, 0.05) is 50.7 Å². The molecule has 5 aliphatic rings. The number of amides is 5. The van der Waals surface area contributed by atoms with Crippen LogP contribution in [0.5, 0.6) is 0 Å². The smallest absolute Gasteiger partial charge is 0.410 e. The van der Waals surface area contributed by atoms with Crippen molar-refractivity contribution in [3.8, 4) is 0 Å². The number of nitrogens with one attached hydrogen (secondary N) is 1. The molecule has 4 saturated heterocycles. The van der Waals surface area contributed by atoms with Gasteiger partial charge in [-0.15, -0.1) is 0 Å². The van der Waals surface area contributed by atoms with Crippen LogP contribution in [-0.4, -0.2) is 102 Å². The van der Waals surface area contributed by atoms with Gasteiger partial charge in [0.25, 0.3) is 11.8 Å². The molecule has 1 aromatic rings. The average molecular weight is 580 g/mol. The molecule has 1 spiro atoms. The normalized spacial score (nSPS) is 25.0. The molecule has 42 heavy (non-hydrogen) atoms. The van der Waals surface area contributed by atoms with Crippen LogP contribution < -0.4 is 10.2 Å². The molecule has 4 fully saturated rings. The van der Waals surface area contributed by atoms with E-state index in [0.29, 0.717) is 22.5 Å². The van der Waals surface area contributed by atoms with E-state index in [9.17, 15) is 24.0 Å². The summed E-state index contributed by atoms with van der Waals surface area (Å²) in [6.07, 6.45) is 4.55. The van der Waals surface area contributed by atoms with E-state index >= 15 is 0 Å². The highest BCUT2D eigenvalue weighted by Crippen LogP contribution is 2.43. The van der Waals surface area contributed by atoms with Gasteiger partial charge in [-0.2, -0.15) is 0 Å².